The van der Waals surface area contributed by atoms with E-state index in [4.69, 9.17) is 4.74 Å². The number of nitrogens with one attached hydrogen (secondary N) is 2. The molecule has 0 radical (unpaired) electrons. The van der Waals surface area contributed by atoms with Gasteiger partial charge in [0.2, 0.25) is 5.91 Å². The lowest BCUT2D eigenvalue weighted by Crippen LogP contribution is -2.31. The van der Waals surface area contributed by atoms with Crippen molar-refractivity contribution in [3.63, 3.8) is 0 Å². The van der Waals surface area contributed by atoms with Gasteiger partial charge in [-0.05, 0) is 19.2 Å². The second kappa shape index (κ2) is 8.01. The number of hydrogen-bond donors (Lipinski definition) is 2. The summed E-state index contributed by atoms with van der Waals surface area (Å²) in [6.45, 7) is 1.67. The van der Waals surface area contributed by atoms with Crippen LogP contribution in [0.25, 0.3) is 0 Å². The summed E-state index contributed by atoms with van der Waals surface area (Å²) in [7, 11) is 1.83. The Kier molecular flexibility index (Phi) is 5.71. The second-order valence-corrected chi connectivity index (χ2v) is 4.45. The van der Waals surface area contributed by atoms with Crippen LogP contribution in [0.3, 0.4) is 0 Å². The van der Waals surface area contributed by atoms with Crippen molar-refractivity contribution in [2.45, 2.75) is 13.1 Å². The van der Waals surface area contributed by atoms with E-state index in [1.807, 2.05) is 37.4 Å². The average molecular weight is 289 g/mol. The summed E-state index contributed by atoms with van der Waals surface area (Å²) in [6, 6.07) is 9.48. The molecule has 21 heavy (non-hydrogen) atoms. The second-order valence-electron chi connectivity index (χ2n) is 4.45. The van der Waals surface area contributed by atoms with Crippen molar-refractivity contribution in [1.82, 2.24) is 25.6 Å². The normalized spacial score (nSPS) is 10.3. The highest BCUT2D eigenvalue weighted by molar-refractivity contribution is 5.75. The number of nitrogens with zero attached hydrogens (tertiary/aromatic N) is 3. The van der Waals surface area contributed by atoms with Gasteiger partial charge in [-0.3, -0.25) is 4.79 Å². The highest BCUT2D eigenvalue weighted by Gasteiger charge is 2.05. The molecule has 112 valence electrons. The summed E-state index contributed by atoms with van der Waals surface area (Å²) in [5, 5.41) is 13.6. The lowest BCUT2D eigenvalue weighted by Gasteiger charge is -2.07. The summed E-state index contributed by atoms with van der Waals surface area (Å²) < 4.78 is 7.00. The lowest BCUT2D eigenvalue weighted by atomic mass is 10.3. The topological polar surface area (TPSA) is 81.1 Å². The van der Waals surface area contributed by atoms with Gasteiger partial charge in [-0.25, -0.2) is 4.68 Å². The van der Waals surface area contributed by atoms with Gasteiger partial charge in [0.1, 0.15) is 18.9 Å². The van der Waals surface area contributed by atoms with Crippen molar-refractivity contribution < 1.29 is 9.53 Å². The minimum Gasteiger partial charge on any atom is -0.492 e. The molecule has 0 bridgehead atoms. The molecule has 0 atom stereocenters. The first kappa shape index (κ1) is 15.0. The van der Waals surface area contributed by atoms with Crippen molar-refractivity contribution in [2.24, 2.45) is 0 Å². The van der Waals surface area contributed by atoms with Crippen LogP contribution >= 0.6 is 0 Å². The molecule has 2 N–H and O–H groups in total. The molecule has 7 heteroatoms. The number of carbonyl (C=O) groups is 1. The highest BCUT2D eigenvalue weighted by Crippen LogP contribution is 2.07. The third-order valence-corrected chi connectivity index (χ3v) is 2.69. The van der Waals surface area contributed by atoms with Crippen molar-refractivity contribution in [3.8, 4) is 5.75 Å². The maximum absolute atomic E-state index is 11.7. The summed E-state index contributed by atoms with van der Waals surface area (Å²) in [5.41, 5.74) is 0.803. The molecule has 0 aliphatic rings. The zero-order chi connectivity index (χ0) is 14.9. The number of para-hydroxylation sites is 1. The van der Waals surface area contributed by atoms with Gasteiger partial charge in [0.15, 0.2) is 0 Å². The molecule has 1 heterocycles. The molecule has 0 spiro atoms. The summed E-state index contributed by atoms with van der Waals surface area (Å²) in [6.07, 6.45) is 1.75. The Labute approximate surface area is 123 Å². The number of carbonyl (C=O) groups excluding carboxylic acids is 1. The molecule has 0 unspecified atom stereocenters. The van der Waals surface area contributed by atoms with Gasteiger partial charge in [0.05, 0.1) is 18.4 Å². The third-order valence-electron chi connectivity index (χ3n) is 2.69. The maximum Gasteiger partial charge on any atom is 0.241 e. The number of aromatic nitrogens is 3. The molecule has 2 rings (SSSR count). The number of hydrogen-bond acceptors (Lipinski definition) is 5. The zero-order valence-electron chi connectivity index (χ0n) is 12.0. The van der Waals surface area contributed by atoms with Gasteiger partial charge in [-0.15, -0.1) is 5.10 Å². The molecule has 0 fully saturated rings. The van der Waals surface area contributed by atoms with E-state index in [0.29, 0.717) is 19.7 Å². The summed E-state index contributed by atoms with van der Waals surface area (Å²) in [4.78, 5) is 11.7. The SMILES string of the molecule is CNCc1cn(CC(=O)NCCOc2ccccc2)nn1. The molecular formula is C14H19N5O2. The molecule has 0 aliphatic carbocycles. The van der Waals surface area contributed by atoms with E-state index in [1.165, 1.54) is 4.68 Å². The first-order valence-corrected chi connectivity index (χ1v) is 6.76. The average Bonchev–Trinajstić information content (AvgIpc) is 2.92. The number of amides is 1. The van der Waals surface area contributed by atoms with E-state index in [2.05, 4.69) is 20.9 Å². The molecule has 1 amide bonds. The predicted molar refractivity (Wildman–Crippen MR) is 77.7 cm³/mol. The molecule has 0 aliphatic heterocycles. The van der Waals surface area contributed by atoms with Crippen molar-refractivity contribution in [2.75, 3.05) is 20.2 Å². The van der Waals surface area contributed by atoms with Crippen LogP contribution in [0, 0.1) is 0 Å². The molecule has 7 nitrogen and oxygen atoms in total. The third kappa shape index (κ3) is 5.23. The minimum absolute atomic E-state index is 0.118. The van der Waals surface area contributed by atoms with Crippen LogP contribution in [-0.4, -0.2) is 41.1 Å². The van der Waals surface area contributed by atoms with Crippen molar-refractivity contribution in [3.05, 3.63) is 42.2 Å². The van der Waals surface area contributed by atoms with Gasteiger partial charge in [0, 0.05) is 6.54 Å². The molecule has 0 saturated carbocycles. The fourth-order valence-corrected chi connectivity index (χ4v) is 1.76. The fourth-order valence-electron chi connectivity index (χ4n) is 1.76. The minimum atomic E-state index is -0.118. The van der Waals surface area contributed by atoms with Crippen molar-refractivity contribution in [1.29, 1.82) is 0 Å². The Balaban J connectivity index is 1.65. The van der Waals surface area contributed by atoms with Gasteiger partial charge < -0.3 is 15.4 Å². The van der Waals surface area contributed by atoms with E-state index in [1.54, 1.807) is 6.20 Å². The lowest BCUT2D eigenvalue weighted by molar-refractivity contribution is -0.121. The zero-order valence-corrected chi connectivity index (χ0v) is 12.0. The standard InChI is InChI=1S/C14H19N5O2/c1-15-9-12-10-19(18-17-12)11-14(20)16-7-8-21-13-5-3-2-4-6-13/h2-6,10,15H,7-9,11H2,1H3,(H,16,20). The first-order chi connectivity index (χ1) is 10.3. The van der Waals surface area contributed by atoms with Crippen LogP contribution in [0.15, 0.2) is 36.5 Å². The van der Waals surface area contributed by atoms with Crippen LogP contribution in [0.5, 0.6) is 5.75 Å². The molecule has 1 aromatic heterocycles. The Morgan fingerprint density at radius 2 is 2.14 bits per heavy atom. The Bertz CT molecular complexity index is 556. The largest absolute Gasteiger partial charge is 0.492 e. The van der Waals surface area contributed by atoms with E-state index in [0.717, 1.165) is 11.4 Å². The Morgan fingerprint density at radius 3 is 2.90 bits per heavy atom. The number of benzene rings is 1. The van der Waals surface area contributed by atoms with Crippen LogP contribution in [0.4, 0.5) is 0 Å². The van der Waals surface area contributed by atoms with Gasteiger partial charge >= 0.3 is 0 Å². The van der Waals surface area contributed by atoms with E-state index >= 15 is 0 Å². The van der Waals surface area contributed by atoms with Crippen LogP contribution in [-0.2, 0) is 17.9 Å². The quantitative estimate of drug-likeness (QED) is 0.678. The highest BCUT2D eigenvalue weighted by atomic mass is 16.5. The number of ether oxygens (including phenoxy) is 1. The van der Waals surface area contributed by atoms with Gasteiger partial charge in [-0.1, -0.05) is 23.4 Å². The molecule has 2 aromatic rings. The molecule has 1 aromatic carbocycles. The Morgan fingerprint density at radius 1 is 1.33 bits per heavy atom. The van der Waals surface area contributed by atoms with Gasteiger partial charge in [-0.2, -0.15) is 0 Å². The maximum atomic E-state index is 11.7. The monoisotopic (exact) mass is 289 g/mol. The first-order valence-electron chi connectivity index (χ1n) is 6.76. The Hall–Kier alpha value is -2.41. The molecular weight excluding hydrogens is 270 g/mol. The van der Waals surface area contributed by atoms with Crippen molar-refractivity contribution >= 4 is 5.91 Å². The van der Waals surface area contributed by atoms with Crippen LogP contribution in [0.2, 0.25) is 0 Å². The molecule has 0 saturated heterocycles. The summed E-state index contributed by atoms with van der Waals surface area (Å²) in [5.74, 6) is 0.673. The number of rotatable bonds is 8. The summed E-state index contributed by atoms with van der Waals surface area (Å²) >= 11 is 0. The van der Waals surface area contributed by atoms with Crippen LogP contribution < -0.4 is 15.4 Å². The van der Waals surface area contributed by atoms with Gasteiger partial charge in [0.25, 0.3) is 0 Å². The van der Waals surface area contributed by atoms with E-state index in [9.17, 15) is 4.79 Å². The fraction of sp³-hybridized carbons (Fsp3) is 0.357. The smallest absolute Gasteiger partial charge is 0.241 e. The van der Waals surface area contributed by atoms with E-state index < -0.39 is 0 Å². The van der Waals surface area contributed by atoms with Crippen LogP contribution in [0.1, 0.15) is 5.69 Å². The predicted octanol–water partition coefficient (Wildman–Crippen LogP) is 0.193. The van der Waals surface area contributed by atoms with E-state index in [-0.39, 0.29) is 12.5 Å².